The van der Waals surface area contributed by atoms with Gasteiger partial charge in [-0.3, -0.25) is 9.59 Å². The largest absolute Gasteiger partial charge is 0.482 e. The average molecular weight is 286 g/mol. The molecular formula is C16H18N2O3. The van der Waals surface area contributed by atoms with E-state index in [1.165, 1.54) is 19.3 Å². The molecule has 110 valence electrons. The van der Waals surface area contributed by atoms with Crippen LogP contribution >= 0.6 is 0 Å². The maximum Gasteiger partial charge on any atom is 0.262 e. The molecule has 21 heavy (non-hydrogen) atoms. The minimum absolute atomic E-state index is 0.0455. The van der Waals surface area contributed by atoms with Gasteiger partial charge in [0.1, 0.15) is 5.75 Å². The highest BCUT2D eigenvalue weighted by Crippen LogP contribution is 2.48. The Balaban J connectivity index is 1.48. The predicted octanol–water partition coefficient (Wildman–Crippen LogP) is 2.39. The summed E-state index contributed by atoms with van der Waals surface area (Å²) in [6.45, 7) is 0.0455. The summed E-state index contributed by atoms with van der Waals surface area (Å²) in [5, 5.41) is 5.74. The fourth-order valence-corrected chi connectivity index (χ4v) is 3.96. The van der Waals surface area contributed by atoms with Crippen LogP contribution in [0.3, 0.4) is 0 Å². The summed E-state index contributed by atoms with van der Waals surface area (Å²) < 4.78 is 5.31. The number of carbonyl (C=O) groups is 2. The van der Waals surface area contributed by atoms with E-state index in [4.69, 9.17) is 4.74 Å². The molecule has 1 aromatic rings. The Morgan fingerprint density at radius 2 is 2.19 bits per heavy atom. The number of hydrogen-bond acceptors (Lipinski definition) is 3. The Labute approximate surface area is 123 Å². The monoisotopic (exact) mass is 286 g/mol. The van der Waals surface area contributed by atoms with E-state index in [1.807, 2.05) is 6.07 Å². The van der Waals surface area contributed by atoms with Crippen LogP contribution in [-0.4, -0.2) is 18.4 Å². The molecule has 2 fully saturated rings. The molecule has 1 heterocycles. The van der Waals surface area contributed by atoms with Crippen LogP contribution in [0, 0.1) is 17.8 Å². The van der Waals surface area contributed by atoms with Crippen LogP contribution < -0.4 is 15.4 Å². The van der Waals surface area contributed by atoms with E-state index in [9.17, 15) is 9.59 Å². The first-order chi connectivity index (χ1) is 10.2. The zero-order valence-corrected chi connectivity index (χ0v) is 11.7. The molecule has 4 rings (SSSR count). The van der Waals surface area contributed by atoms with Crippen LogP contribution in [0.1, 0.15) is 25.7 Å². The van der Waals surface area contributed by atoms with Crippen LogP contribution in [0.4, 0.5) is 11.4 Å². The van der Waals surface area contributed by atoms with Crippen LogP contribution in [0.5, 0.6) is 5.75 Å². The minimum Gasteiger partial charge on any atom is -0.482 e. The molecule has 5 nitrogen and oxygen atoms in total. The summed E-state index contributed by atoms with van der Waals surface area (Å²) in [5.41, 5.74) is 1.34. The lowest BCUT2D eigenvalue weighted by Crippen LogP contribution is -2.28. The van der Waals surface area contributed by atoms with Gasteiger partial charge in [-0.1, -0.05) is 6.42 Å². The molecule has 3 aliphatic rings. The Morgan fingerprint density at radius 1 is 1.29 bits per heavy atom. The molecule has 3 atom stereocenters. The summed E-state index contributed by atoms with van der Waals surface area (Å²) in [4.78, 5) is 23.7. The highest BCUT2D eigenvalue weighted by Gasteiger charge is 2.43. The van der Waals surface area contributed by atoms with Gasteiger partial charge in [-0.05, 0) is 49.3 Å². The van der Waals surface area contributed by atoms with Crippen molar-refractivity contribution in [3.05, 3.63) is 18.2 Å². The third-order valence-corrected chi connectivity index (χ3v) is 4.95. The topological polar surface area (TPSA) is 67.4 Å². The van der Waals surface area contributed by atoms with E-state index >= 15 is 0 Å². The van der Waals surface area contributed by atoms with Gasteiger partial charge < -0.3 is 15.4 Å². The van der Waals surface area contributed by atoms with Gasteiger partial charge in [0.2, 0.25) is 5.91 Å². The second kappa shape index (κ2) is 4.76. The number of hydrogen-bond donors (Lipinski definition) is 2. The molecule has 2 N–H and O–H groups in total. The molecule has 1 aliphatic heterocycles. The zero-order valence-electron chi connectivity index (χ0n) is 11.7. The molecule has 2 aliphatic carbocycles. The Morgan fingerprint density at radius 3 is 2.95 bits per heavy atom. The van der Waals surface area contributed by atoms with E-state index < -0.39 is 0 Å². The number of rotatable bonds is 2. The number of benzene rings is 1. The van der Waals surface area contributed by atoms with Crippen LogP contribution in [0.15, 0.2) is 18.2 Å². The fourth-order valence-electron chi connectivity index (χ4n) is 3.96. The highest BCUT2D eigenvalue weighted by atomic mass is 16.5. The molecule has 1 aromatic carbocycles. The lowest BCUT2D eigenvalue weighted by molar-refractivity contribution is -0.121. The standard InChI is InChI=1S/C16H18N2O3/c19-15-8-21-14-4-3-11(7-13(14)18-15)17-16(20)12-6-9-1-2-10(12)5-9/h3-4,7,9-10,12H,1-2,5-6,8H2,(H,17,20)(H,18,19). The summed E-state index contributed by atoms with van der Waals surface area (Å²) in [5.74, 6) is 2.07. The number of anilines is 2. The Bertz CT molecular complexity index is 614. The first kappa shape index (κ1) is 12.7. The second-order valence-electron chi connectivity index (χ2n) is 6.32. The minimum atomic E-state index is -0.168. The first-order valence-corrected chi connectivity index (χ1v) is 7.56. The van der Waals surface area contributed by atoms with Gasteiger partial charge in [-0.15, -0.1) is 0 Å². The van der Waals surface area contributed by atoms with E-state index in [1.54, 1.807) is 12.1 Å². The van der Waals surface area contributed by atoms with Crippen molar-refractivity contribution in [2.75, 3.05) is 17.2 Å². The summed E-state index contributed by atoms with van der Waals surface area (Å²) in [7, 11) is 0. The average Bonchev–Trinajstić information content (AvgIpc) is 3.09. The van der Waals surface area contributed by atoms with Crippen molar-refractivity contribution in [3.63, 3.8) is 0 Å². The summed E-state index contributed by atoms with van der Waals surface area (Å²) in [6, 6.07) is 5.37. The smallest absolute Gasteiger partial charge is 0.262 e. The maximum absolute atomic E-state index is 12.4. The molecule has 0 radical (unpaired) electrons. The van der Waals surface area contributed by atoms with E-state index in [0.29, 0.717) is 23.0 Å². The van der Waals surface area contributed by atoms with Crippen molar-refractivity contribution >= 4 is 23.2 Å². The first-order valence-electron chi connectivity index (χ1n) is 7.56. The van der Waals surface area contributed by atoms with Crippen molar-refractivity contribution in [2.24, 2.45) is 17.8 Å². The highest BCUT2D eigenvalue weighted by molar-refractivity contribution is 5.98. The number of fused-ring (bicyclic) bond motifs is 3. The van der Waals surface area contributed by atoms with E-state index in [0.717, 1.165) is 12.3 Å². The lowest BCUT2D eigenvalue weighted by Gasteiger charge is -2.22. The Hall–Kier alpha value is -2.04. The van der Waals surface area contributed by atoms with E-state index in [2.05, 4.69) is 10.6 Å². The van der Waals surface area contributed by atoms with Gasteiger partial charge >= 0.3 is 0 Å². The van der Waals surface area contributed by atoms with Gasteiger partial charge in [0, 0.05) is 11.6 Å². The molecule has 0 spiro atoms. The molecular weight excluding hydrogens is 268 g/mol. The number of nitrogens with one attached hydrogen (secondary N) is 2. The van der Waals surface area contributed by atoms with Crippen molar-refractivity contribution in [1.29, 1.82) is 0 Å². The molecule has 2 amide bonds. The summed E-state index contributed by atoms with van der Waals surface area (Å²) >= 11 is 0. The normalized spacial score (nSPS) is 29.5. The van der Waals surface area contributed by atoms with Gasteiger partial charge in [-0.25, -0.2) is 0 Å². The zero-order chi connectivity index (χ0) is 14.4. The molecule has 0 aromatic heterocycles. The van der Waals surface area contributed by atoms with Crippen LogP contribution in [-0.2, 0) is 9.59 Å². The molecule has 2 saturated carbocycles. The third-order valence-electron chi connectivity index (χ3n) is 4.95. The number of carbonyl (C=O) groups excluding carboxylic acids is 2. The molecule has 0 saturated heterocycles. The van der Waals surface area contributed by atoms with Gasteiger partial charge in [0.25, 0.3) is 5.91 Å². The lowest BCUT2D eigenvalue weighted by atomic mass is 9.88. The van der Waals surface area contributed by atoms with Crippen LogP contribution in [0.25, 0.3) is 0 Å². The van der Waals surface area contributed by atoms with Gasteiger partial charge in [0.15, 0.2) is 6.61 Å². The second-order valence-corrected chi connectivity index (χ2v) is 6.32. The number of amides is 2. The molecule has 3 unspecified atom stereocenters. The van der Waals surface area contributed by atoms with Crippen LogP contribution in [0.2, 0.25) is 0 Å². The number of ether oxygens (including phenoxy) is 1. The van der Waals surface area contributed by atoms with Gasteiger partial charge in [-0.2, -0.15) is 0 Å². The maximum atomic E-state index is 12.4. The van der Waals surface area contributed by atoms with E-state index in [-0.39, 0.29) is 24.3 Å². The fraction of sp³-hybridized carbons (Fsp3) is 0.500. The molecule has 2 bridgehead atoms. The molecule has 5 heteroatoms. The predicted molar refractivity (Wildman–Crippen MR) is 78.1 cm³/mol. The third kappa shape index (κ3) is 2.26. The summed E-state index contributed by atoms with van der Waals surface area (Å²) in [6.07, 6.45) is 4.72. The van der Waals surface area contributed by atoms with Gasteiger partial charge in [0.05, 0.1) is 5.69 Å². The Kier molecular flexibility index (Phi) is 2.87. The van der Waals surface area contributed by atoms with Crippen molar-refractivity contribution in [1.82, 2.24) is 0 Å². The SMILES string of the molecule is O=C1COc2ccc(NC(=O)C3CC4CCC3C4)cc2N1. The van der Waals surface area contributed by atoms with Crippen molar-refractivity contribution in [2.45, 2.75) is 25.7 Å². The van der Waals surface area contributed by atoms with Crippen molar-refractivity contribution in [3.8, 4) is 5.75 Å². The van der Waals surface area contributed by atoms with Crippen molar-refractivity contribution < 1.29 is 14.3 Å². The quantitative estimate of drug-likeness (QED) is 0.877.